The second-order valence-corrected chi connectivity index (χ2v) is 13.6. The van der Waals surface area contributed by atoms with Gasteiger partial charge in [-0.2, -0.15) is 0 Å². The molecule has 0 saturated carbocycles. The number of benzene rings is 3. The number of thiazole rings is 1. The molecule has 12 heteroatoms. The van der Waals surface area contributed by atoms with Crippen LogP contribution in [0.2, 0.25) is 10.0 Å². The van der Waals surface area contributed by atoms with Gasteiger partial charge < -0.3 is 5.32 Å². The summed E-state index contributed by atoms with van der Waals surface area (Å²) < 4.78 is 2.19. The summed E-state index contributed by atoms with van der Waals surface area (Å²) in [6, 6.07) is 19.5. The zero-order valence-electron chi connectivity index (χ0n) is 21.3. The van der Waals surface area contributed by atoms with E-state index in [1.165, 1.54) is 27.3 Å². The third-order valence-corrected chi connectivity index (χ3v) is 10.9. The molecule has 0 aliphatic carbocycles. The van der Waals surface area contributed by atoms with E-state index < -0.39 is 23.0 Å². The van der Waals surface area contributed by atoms with Crippen LogP contribution in [0.25, 0.3) is 0 Å². The molecule has 0 radical (unpaired) electrons. The maximum atomic E-state index is 14.0. The first-order chi connectivity index (χ1) is 19.6. The van der Waals surface area contributed by atoms with Crippen LogP contribution in [0.3, 0.4) is 0 Å². The molecule has 1 saturated heterocycles. The van der Waals surface area contributed by atoms with E-state index in [-0.39, 0.29) is 28.3 Å². The Morgan fingerprint density at radius 1 is 0.976 bits per heavy atom. The first kappa shape index (κ1) is 28.2. The van der Waals surface area contributed by atoms with Gasteiger partial charge in [-0.15, -0.1) is 0 Å². The van der Waals surface area contributed by atoms with Crippen LogP contribution in [0.5, 0.6) is 0 Å². The summed E-state index contributed by atoms with van der Waals surface area (Å²) in [5.41, 5.74) is 2.76. The monoisotopic (exact) mass is 687 g/mol. The Bertz CT molecular complexity index is 1790. The Morgan fingerprint density at radius 3 is 2.44 bits per heavy atom. The first-order valence-electron chi connectivity index (χ1n) is 12.5. The van der Waals surface area contributed by atoms with Crippen LogP contribution in [-0.4, -0.2) is 27.5 Å². The SMILES string of the molecule is Cc1ccc(N2C(=O)[C@H]3[C@H](c4cccc(Br)c4)c4sc(=O)n(CC(=O)Nc5ccc(Cl)c(Cl)c5)c4S[C@H]3C2=O)cc1. The zero-order valence-corrected chi connectivity index (χ0v) is 26.0. The smallest absolute Gasteiger partial charge is 0.308 e. The predicted octanol–water partition coefficient (Wildman–Crippen LogP) is 6.72. The molecule has 7 nitrogen and oxygen atoms in total. The molecule has 3 amide bonds. The molecule has 2 aliphatic rings. The number of aryl methyl sites for hydroxylation is 1. The highest BCUT2D eigenvalue weighted by Crippen LogP contribution is 2.54. The lowest BCUT2D eigenvalue weighted by Crippen LogP contribution is -2.33. The summed E-state index contributed by atoms with van der Waals surface area (Å²) in [7, 11) is 0. The van der Waals surface area contributed by atoms with Gasteiger partial charge in [-0.05, 0) is 55.0 Å². The number of carbonyl (C=O) groups excluding carboxylic acids is 3. The van der Waals surface area contributed by atoms with Gasteiger partial charge in [0.15, 0.2) is 0 Å². The van der Waals surface area contributed by atoms with Crippen molar-refractivity contribution >= 4 is 91.3 Å². The third kappa shape index (κ3) is 5.17. The lowest BCUT2D eigenvalue weighted by molar-refractivity contribution is -0.122. The topological polar surface area (TPSA) is 88.5 Å². The summed E-state index contributed by atoms with van der Waals surface area (Å²) in [5, 5.41) is 3.14. The minimum absolute atomic E-state index is 0.273. The van der Waals surface area contributed by atoms with Gasteiger partial charge in [0.2, 0.25) is 17.7 Å². The van der Waals surface area contributed by atoms with Crippen LogP contribution in [0.15, 0.2) is 81.0 Å². The number of thioether (sulfide) groups is 1. The largest absolute Gasteiger partial charge is 0.324 e. The number of anilines is 2. The highest BCUT2D eigenvalue weighted by Gasteiger charge is 2.56. The number of aromatic nitrogens is 1. The predicted molar refractivity (Wildman–Crippen MR) is 166 cm³/mol. The molecule has 6 rings (SSSR count). The Kier molecular flexibility index (Phi) is 7.63. The minimum atomic E-state index is -0.765. The van der Waals surface area contributed by atoms with Crippen molar-refractivity contribution in [2.24, 2.45) is 5.92 Å². The average molecular weight is 689 g/mol. The standard InChI is InChI=1S/C29H20BrCl2N3O4S2/c1-14-5-8-18(9-6-14)35-26(37)23-22(15-3-2-4-16(30)11-15)25-28(40-24(23)27(35)38)34(29(39)41-25)13-21(36)33-17-7-10-19(31)20(32)12-17/h2-12,22-24H,13H2,1H3,(H,33,36)/t22-,23-,24+/m0/s1. The summed E-state index contributed by atoms with van der Waals surface area (Å²) >= 11 is 17.7. The van der Waals surface area contributed by atoms with Gasteiger partial charge >= 0.3 is 4.87 Å². The van der Waals surface area contributed by atoms with E-state index in [2.05, 4.69) is 21.2 Å². The van der Waals surface area contributed by atoms with Gasteiger partial charge in [0, 0.05) is 21.0 Å². The number of rotatable bonds is 5. The molecule has 208 valence electrons. The molecular weight excluding hydrogens is 669 g/mol. The van der Waals surface area contributed by atoms with E-state index >= 15 is 0 Å². The van der Waals surface area contributed by atoms with Crippen molar-refractivity contribution in [2.45, 2.75) is 29.7 Å². The van der Waals surface area contributed by atoms with Crippen molar-refractivity contribution in [3.63, 3.8) is 0 Å². The number of imide groups is 1. The van der Waals surface area contributed by atoms with Crippen molar-refractivity contribution in [2.75, 3.05) is 10.2 Å². The van der Waals surface area contributed by atoms with E-state index in [0.29, 0.717) is 26.3 Å². The van der Waals surface area contributed by atoms with E-state index in [4.69, 9.17) is 23.2 Å². The number of nitrogens with zero attached hydrogens (tertiary/aromatic N) is 2. The van der Waals surface area contributed by atoms with Crippen molar-refractivity contribution in [1.29, 1.82) is 0 Å². The van der Waals surface area contributed by atoms with Crippen molar-refractivity contribution in [3.8, 4) is 0 Å². The Hall–Kier alpha value is -2.89. The number of nitrogens with one attached hydrogen (secondary N) is 1. The summed E-state index contributed by atoms with van der Waals surface area (Å²) in [6.07, 6.45) is 0. The van der Waals surface area contributed by atoms with Crippen molar-refractivity contribution in [3.05, 3.63) is 107 Å². The minimum Gasteiger partial charge on any atom is -0.324 e. The van der Waals surface area contributed by atoms with Crippen LogP contribution < -0.4 is 15.1 Å². The average Bonchev–Trinajstić information content (AvgIpc) is 3.37. The summed E-state index contributed by atoms with van der Waals surface area (Å²) in [6.45, 7) is 1.66. The fourth-order valence-corrected chi connectivity index (χ4v) is 8.67. The lowest BCUT2D eigenvalue weighted by Gasteiger charge is -2.30. The summed E-state index contributed by atoms with van der Waals surface area (Å²) in [4.78, 5) is 55.7. The molecule has 3 atom stereocenters. The number of halogens is 3. The molecule has 4 aromatic rings. The quantitative estimate of drug-likeness (QED) is 0.235. The molecule has 0 spiro atoms. The van der Waals surface area contributed by atoms with E-state index in [1.54, 1.807) is 24.3 Å². The van der Waals surface area contributed by atoms with Gasteiger partial charge in [-0.3, -0.25) is 23.7 Å². The maximum Gasteiger partial charge on any atom is 0.308 e. The number of hydrogen-bond donors (Lipinski definition) is 1. The van der Waals surface area contributed by atoms with Gasteiger partial charge in [0.05, 0.1) is 26.7 Å². The number of fused-ring (bicyclic) bond motifs is 2. The van der Waals surface area contributed by atoms with E-state index in [0.717, 1.165) is 26.9 Å². The zero-order chi connectivity index (χ0) is 29.0. The van der Waals surface area contributed by atoms with Crippen LogP contribution >= 0.6 is 62.2 Å². The number of amides is 3. The van der Waals surface area contributed by atoms with Crippen LogP contribution in [0.1, 0.15) is 21.9 Å². The fraction of sp³-hybridized carbons (Fsp3) is 0.172. The Morgan fingerprint density at radius 2 is 1.73 bits per heavy atom. The number of hydrogen-bond acceptors (Lipinski definition) is 6. The van der Waals surface area contributed by atoms with Gasteiger partial charge in [0.25, 0.3) is 0 Å². The molecule has 2 aliphatic heterocycles. The molecule has 1 aromatic heterocycles. The first-order valence-corrected chi connectivity index (χ1v) is 15.7. The third-order valence-electron chi connectivity index (χ3n) is 7.05. The van der Waals surface area contributed by atoms with Crippen LogP contribution in [0.4, 0.5) is 11.4 Å². The second kappa shape index (κ2) is 11.1. The van der Waals surface area contributed by atoms with Crippen molar-refractivity contribution < 1.29 is 14.4 Å². The van der Waals surface area contributed by atoms with E-state index in [1.807, 2.05) is 43.3 Å². The molecule has 1 N–H and O–H groups in total. The summed E-state index contributed by atoms with van der Waals surface area (Å²) in [5.74, 6) is -2.35. The fourth-order valence-electron chi connectivity index (χ4n) is 5.18. The highest BCUT2D eigenvalue weighted by atomic mass is 79.9. The molecule has 1 fully saturated rings. The molecule has 0 unspecified atom stereocenters. The van der Waals surface area contributed by atoms with Gasteiger partial charge in [-0.1, -0.05) is 92.1 Å². The highest BCUT2D eigenvalue weighted by molar-refractivity contribution is 9.10. The Balaban J connectivity index is 1.40. The molecular formula is C29H20BrCl2N3O4S2. The van der Waals surface area contributed by atoms with E-state index in [9.17, 15) is 19.2 Å². The lowest BCUT2D eigenvalue weighted by atomic mass is 9.83. The molecule has 3 heterocycles. The molecule has 41 heavy (non-hydrogen) atoms. The molecule has 3 aromatic carbocycles. The normalized spacial score (nSPS) is 19.7. The van der Waals surface area contributed by atoms with Gasteiger partial charge in [-0.25, -0.2) is 4.90 Å². The van der Waals surface area contributed by atoms with Crippen LogP contribution in [0, 0.1) is 12.8 Å². The number of carbonyl (C=O) groups is 3. The van der Waals surface area contributed by atoms with Crippen molar-refractivity contribution in [1.82, 2.24) is 4.57 Å². The molecule has 0 bridgehead atoms. The maximum absolute atomic E-state index is 14.0. The Labute approximate surface area is 261 Å². The van der Waals surface area contributed by atoms with Crippen LogP contribution in [-0.2, 0) is 20.9 Å². The second-order valence-electron chi connectivity index (χ2n) is 9.74. The van der Waals surface area contributed by atoms with Gasteiger partial charge in [0.1, 0.15) is 11.8 Å².